The van der Waals surface area contributed by atoms with Gasteiger partial charge in [0.25, 0.3) is 0 Å². The third-order valence-corrected chi connectivity index (χ3v) is 3.70. The molecule has 0 bridgehead atoms. The normalized spacial score (nSPS) is 11.3. The van der Waals surface area contributed by atoms with Crippen molar-refractivity contribution < 1.29 is 22.7 Å². The van der Waals surface area contributed by atoms with Crippen molar-refractivity contribution in [3.63, 3.8) is 0 Å². The van der Waals surface area contributed by atoms with Crippen molar-refractivity contribution in [3.8, 4) is 5.75 Å². The Kier molecular flexibility index (Phi) is 4.72. The van der Waals surface area contributed by atoms with Crippen LogP contribution < -0.4 is 4.74 Å². The highest BCUT2D eigenvalue weighted by Gasteiger charge is 2.24. The fourth-order valence-corrected chi connectivity index (χ4v) is 2.68. The molecule has 100 valence electrons. The molecular weight excluding hydrogens is 256 g/mol. The van der Waals surface area contributed by atoms with E-state index in [1.54, 1.807) is 26.0 Å². The number of sulfone groups is 1. The molecule has 0 saturated carbocycles. The smallest absolute Gasteiger partial charge is 0.321 e. The van der Waals surface area contributed by atoms with Gasteiger partial charge < -0.3 is 9.47 Å². The highest BCUT2D eigenvalue weighted by atomic mass is 32.2. The van der Waals surface area contributed by atoms with Crippen LogP contribution in [0.1, 0.15) is 13.8 Å². The number of methoxy groups -OCH3 is 1. The average Bonchev–Trinajstić information content (AvgIpc) is 2.27. The summed E-state index contributed by atoms with van der Waals surface area (Å²) in [5.74, 6) is -1.24. The van der Waals surface area contributed by atoms with Crippen LogP contribution in [0.3, 0.4) is 0 Å². The van der Waals surface area contributed by atoms with E-state index in [0.717, 1.165) is 0 Å². The number of para-hydroxylation sites is 1. The lowest BCUT2D eigenvalue weighted by Crippen LogP contribution is -2.21. The molecule has 0 unspecified atom stereocenters. The van der Waals surface area contributed by atoms with Crippen molar-refractivity contribution in [2.24, 2.45) is 0 Å². The maximum absolute atomic E-state index is 12.0. The van der Waals surface area contributed by atoms with Crippen LogP contribution in [0.15, 0.2) is 29.2 Å². The van der Waals surface area contributed by atoms with Crippen LogP contribution in [0, 0.1) is 0 Å². The molecule has 18 heavy (non-hydrogen) atoms. The van der Waals surface area contributed by atoms with E-state index in [1.807, 2.05) is 0 Å². The Bertz CT molecular complexity index is 519. The van der Waals surface area contributed by atoms with Gasteiger partial charge in [-0.2, -0.15) is 0 Å². The Morgan fingerprint density at radius 1 is 1.28 bits per heavy atom. The summed E-state index contributed by atoms with van der Waals surface area (Å²) in [5, 5.41) is 0. The van der Waals surface area contributed by atoms with E-state index in [-0.39, 0.29) is 16.7 Å². The van der Waals surface area contributed by atoms with Crippen LogP contribution in [0.25, 0.3) is 0 Å². The molecule has 0 aliphatic carbocycles. The van der Waals surface area contributed by atoms with Crippen molar-refractivity contribution in [2.45, 2.75) is 24.8 Å². The first kappa shape index (κ1) is 14.5. The van der Waals surface area contributed by atoms with Gasteiger partial charge in [-0.15, -0.1) is 0 Å². The molecule has 0 heterocycles. The van der Waals surface area contributed by atoms with Crippen molar-refractivity contribution in [1.82, 2.24) is 0 Å². The molecule has 6 heteroatoms. The molecule has 0 atom stereocenters. The van der Waals surface area contributed by atoms with Crippen LogP contribution in [0.5, 0.6) is 5.75 Å². The van der Waals surface area contributed by atoms with Crippen LogP contribution in [-0.4, -0.2) is 33.4 Å². The molecule has 0 N–H and O–H groups in total. The maximum atomic E-state index is 12.0. The molecule has 1 aromatic carbocycles. The van der Waals surface area contributed by atoms with Crippen molar-refractivity contribution in [1.29, 1.82) is 0 Å². The highest BCUT2D eigenvalue weighted by molar-refractivity contribution is 7.92. The van der Waals surface area contributed by atoms with E-state index >= 15 is 0 Å². The summed E-state index contributed by atoms with van der Waals surface area (Å²) in [5.41, 5.74) is 0. The molecular formula is C12H16O5S. The second-order valence-electron chi connectivity index (χ2n) is 3.95. The second-order valence-corrected chi connectivity index (χ2v) is 5.91. The van der Waals surface area contributed by atoms with Crippen LogP contribution in [0.2, 0.25) is 0 Å². The number of ether oxygens (including phenoxy) is 2. The minimum Gasteiger partial charge on any atom is -0.495 e. The van der Waals surface area contributed by atoms with Gasteiger partial charge in [0.05, 0.1) is 13.2 Å². The monoisotopic (exact) mass is 272 g/mol. The molecule has 0 spiro atoms. The van der Waals surface area contributed by atoms with Crippen molar-refractivity contribution in [3.05, 3.63) is 24.3 Å². The lowest BCUT2D eigenvalue weighted by atomic mass is 10.3. The van der Waals surface area contributed by atoms with E-state index < -0.39 is 21.6 Å². The van der Waals surface area contributed by atoms with E-state index in [1.165, 1.54) is 19.2 Å². The summed E-state index contributed by atoms with van der Waals surface area (Å²) in [4.78, 5) is 11.4. The summed E-state index contributed by atoms with van der Waals surface area (Å²) in [6, 6.07) is 6.16. The molecule has 0 aliphatic heterocycles. The van der Waals surface area contributed by atoms with Gasteiger partial charge >= 0.3 is 5.97 Å². The van der Waals surface area contributed by atoms with Crippen molar-refractivity contribution >= 4 is 15.8 Å². The molecule has 0 fully saturated rings. The lowest BCUT2D eigenvalue weighted by Gasteiger charge is -2.10. The molecule has 1 rings (SSSR count). The number of rotatable bonds is 5. The van der Waals surface area contributed by atoms with E-state index in [0.29, 0.717) is 0 Å². The SMILES string of the molecule is COc1ccccc1S(=O)(=O)CC(=O)OC(C)C. The molecule has 0 aromatic heterocycles. The number of benzene rings is 1. The zero-order chi connectivity index (χ0) is 13.8. The second kappa shape index (κ2) is 5.86. The minimum atomic E-state index is -3.75. The largest absolute Gasteiger partial charge is 0.495 e. The summed E-state index contributed by atoms with van der Waals surface area (Å²) in [6.07, 6.45) is -0.342. The van der Waals surface area contributed by atoms with Gasteiger partial charge in [-0.1, -0.05) is 12.1 Å². The quantitative estimate of drug-likeness (QED) is 0.758. The Balaban J connectivity index is 2.96. The van der Waals surface area contributed by atoms with Crippen LogP contribution in [0.4, 0.5) is 0 Å². The number of carbonyl (C=O) groups is 1. The molecule has 0 saturated heterocycles. The van der Waals surface area contributed by atoms with Gasteiger partial charge in [0, 0.05) is 0 Å². The first-order chi connectivity index (χ1) is 8.36. The fraction of sp³-hybridized carbons (Fsp3) is 0.417. The zero-order valence-corrected chi connectivity index (χ0v) is 11.4. The van der Waals surface area contributed by atoms with E-state index in [4.69, 9.17) is 9.47 Å². The van der Waals surface area contributed by atoms with Gasteiger partial charge in [0.2, 0.25) is 0 Å². The third-order valence-electron chi connectivity index (χ3n) is 2.08. The third kappa shape index (κ3) is 3.73. The Morgan fingerprint density at radius 2 is 1.89 bits per heavy atom. The van der Waals surface area contributed by atoms with Gasteiger partial charge in [0.1, 0.15) is 10.6 Å². The topological polar surface area (TPSA) is 69.7 Å². The number of carbonyl (C=O) groups excluding carboxylic acids is 1. The lowest BCUT2D eigenvalue weighted by molar-refractivity contribution is -0.144. The van der Waals surface area contributed by atoms with Gasteiger partial charge in [-0.25, -0.2) is 8.42 Å². The molecule has 0 aliphatic rings. The number of hydrogen-bond acceptors (Lipinski definition) is 5. The Hall–Kier alpha value is -1.56. The van der Waals surface area contributed by atoms with Gasteiger partial charge in [-0.05, 0) is 26.0 Å². The molecule has 5 nitrogen and oxygen atoms in total. The van der Waals surface area contributed by atoms with Crippen LogP contribution >= 0.6 is 0 Å². The molecule has 1 aromatic rings. The van der Waals surface area contributed by atoms with Crippen LogP contribution in [-0.2, 0) is 19.4 Å². The predicted molar refractivity (Wildman–Crippen MR) is 66.3 cm³/mol. The number of esters is 1. The van der Waals surface area contributed by atoms with Gasteiger partial charge in [-0.3, -0.25) is 4.79 Å². The molecule has 0 amide bonds. The Morgan fingerprint density at radius 3 is 2.44 bits per heavy atom. The average molecular weight is 272 g/mol. The molecule has 0 radical (unpaired) electrons. The summed E-state index contributed by atoms with van der Waals surface area (Å²) in [6.45, 7) is 3.32. The van der Waals surface area contributed by atoms with E-state index in [2.05, 4.69) is 0 Å². The summed E-state index contributed by atoms with van der Waals surface area (Å²) in [7, 11) is -2.37. The summed E-state index contributed by atoms with van der Waals surface area (Å²) < 4.78 is 33.8. The first-order valence-electron chi connectivity index (χ1n) is 5.42. The first-order valence-corrected chi connectivity index (χ1v) is 7.07. The van der Waals surface area contributed by atoms with E-state index in [9.17, 15) is 13.2 Å². The summed E-state index contributed by atoms with van der Waals surface area (Å²) >= 11 is 0. The fourth-order valence-electron chi connectivity index (χ4n) is 1.41. The van der Waals surface area contributed by atoms with Gasteiger partial charge in [0.15, 0.2) is 15.6 Å². The zero-order valence-electron chi connectivity index (χ0n) is 10.5. The van der Waals surface area contributed by atoms with Crippen molar-refractivity contribution in [2.75, 3.05) is 12.9 Å². The standard InChI is InChI=1S/C12H16O5S/c1-9(2)17-12(13)8-18(14,15)11-7-5-4-6-10(11)16-3/h4-7,9H,8H2,1-3H3. The minimum absolute atomic E-state index is 0.00629. The Labute approximate surface area is 107 Å². The maximum Gasteiger partial charge on any atom is 0.321 e. The highest BCUT2D eigenvalue weighted by Crippen LogP contribution is 2.24. The predicted octanol–water partition coefficient (Wildman–Crippen LogP) is 1.42. The number of hydrogen-bond donors (Lipinski definition) is 0.